The largest absolute Gasteiger partial charge is 0.381 e. The summed E-state index contributed by atoms with van der Waals surface area (Å²) in [5.74, 6) is 2.96. The van der Waals surface area contributed by atoms with Crippen molar-refractivity contribution in [3.63, 3.8) is 0 Å². The van der Waals surface area contributed by atoms with Gasteiger partial charge in [0.1, 0.15) is 0 Å². The minimum atomic E-state index is -0.368. The molecule has 0 spiro atoms. The highest BCUT2D eigenvalue weighted by Gasteiger charge is 2.40. The van der Waals surface area contributed by atoms with E-state index in [1.54, 1.807) is 0 Å². The van der Waals surface area contributed by atoms with Crippen molar-refractivity contribution in [1.29, 1.82) is 0 Å². The SMILES string of the molecule is NCC1(C(=O)NCCC2CC3CCC2C3)CCOCC1. The maximum absolute atomic E-state index is 12.4. The van der Waals surface area contributed by atoms with Gasteiger partial charge in [0.2, 0.25) is 5.91 Å². The molecule has 0 radical (unpaired) electrons. The van der Waals surface area contributed by atoms with Gasteiger partial charge in [-0.05, 0) is 56.3 Å². The van der Waals surface area contributed by atoms with Crippen LogP contribution in [0.25, 0.3) is 0 Å². The second-order valence-corrected chi connectivity index (χ2v) is 7.08. The Kier molecular flexibility index (Phi) is 4.32. The standard InChI is InChI=1S/C16H28N2O2/c17-11-16(4-7-20-8-5-16)15(19)18-6-3-14-10-12-1-2-13(14)9-12/h12-14H,1-11,17H2,(H,18,19). The number of fused-ring (bicyclic) bond motifs is 2. The zero-order valence-electron chi connectivity index (χ0n) is 12.4. The van der Waals surface area contributed by atoms with Crippen LogP contribution in [0, 0.1) is 23.2 Å². The number of nitrogens with two attached hydrogens (primary N) is 1. The van der Waals surface area contributed by atoms with Crippen LogP contribution in [0.4, 0.5) is 0 Å². The molecule has 0 aromatic carbocycles. The fourth-order valence-corrected chi connectivity index (χ4v) is 4.57. The van der Waals surface area contributed by atoms with Crippen molar-refractivity contribution in [2.24, 2.45) is 28.9 Å². The third-order valence-electron chi connectivity index (χ3n) is 6.01. The highest BCUT2D eigenvalue weighted by molar-refractivity contribution is 5.83. The third kappa shape index (κ3) is 2.73. The Hall–Kier alpha value is -0.610. The summed E-state index contributed by atoms with van der Waals surface area (Å²) < 4.78 is 5.36. The first-order valence-corrected chi connectivity index (χ1v) is 8.30. The lowest BCUT2D eigenvalue weighted by atomic mass is 9.79. The summed E-state index contributed by atoms with van der Waals surface area (Å²) in [7, 11) is 0. The van der Waals surface area contributed by atoms with Gasteiger partial charge in [0.25, 0.3) is 0 Å². The van der Waals surface area contributed by atoms with Gasteiger partial charge in [0.15, 0.2) is 0 Å². The van der Waals surface area contributed by atoms with Gasteiger partial charge in [-0.1, -0.05) is 6.42 Å². The van der Waals surface area contributed by atoms with E-state index in [9.17, 15) is 4.79 Å². The number of nitrogens with one attached hydrogen (secondary N) is 1. The van der Waals surface area contributed by atoms with Gasteiger partial charge >= 0.3 is 0 Å². The first kappa shape index (κ1) is 14.3. The van der Waals surface area contributed by atoms with Gasteiger partial charge < -0.3 is 15.8 Å². The average molecular weight is 280 g/mol. The molecule has 4 heteroatoms. The predicted octanol–water partition coefficient (Wildman–Crippen LogP) is 1.68. The summed E-state index contributed by atoms with van der Waals surface area (Å²) >= 11 is 0. The highest BCUT2D eigenvalue weighted by atomic mass is 16.5. The molecule has 1 saturated heterocycles. The Morgan fingerprint density at radius 1 is 1.25 bits per heavy atom. The number of hydrogen-bond acceptors (Lipinski definition) is 3. The maximum Gasteiger partial charge on any atom is 0.227 e. The molecule has 2 saturated carbocycles. The summed E-state index contributed by atoms with van der Waals surface area (Å²) in [6.07, 6.45) is 8.41. The first-order valence-electron chi connectivity index (χ1n) is 8.30. The van der Waals surface area contributed by atoms with Crippen molar-refractivity contribution in [1.82, 2.24) is 5.32 Å². The lowest BCUT2D eigenvalue weighted by Gasteiger charge is -2.34. The lowest BCUT2D eigenvalue weighted by molar-refractivity contribution is -0.135. The molecule has 1 amide bonds. The number of carbonyl (C=O) groups is 1. The molecule has 3 rings (SSSR count). The Morgan fingerprint density at radius 2 is 2.05 bits per heavy atom. The molecule has 0 aromatic rings. The van der Waals surface area contributed by atoms with Gasteiger partial charge in [-0.3, -0.25) is 4.79 Å². The number of ether oxygens (including phenoxy) is 1. The van der Waals surface area contributed by atoms with Crippen LogP contribution in [0.5, 0.6) is 0 Å². The van der Waals surface area contributed by atoms with Crippen molar-refractivity contribution in [3.8, 4) is 0 Å². The van der Waals surface area contributed by atoms with Crippen LogP contribution in [0.15, 0.2) is 0 Å². The van der Waals surface area contributed by atoms with E-state index in [-0.39, 0.29) is 11.3 Å². The van der Waals surface area contributed by atoms with Gasteiger partial charge in [0, 0.05) is 26.3 Å². The number of rotatable bonds is 5. The molecule has 3 atom stereocenters. The van der Waals surface area contributed by atoms with E-state index in [0.29, 0.717) is 19.8 Å². The van der Waals surface area contributed by atoms with Crippen molar-refractivity contribution >= 4 is 5.91 Å². The third-order valence-corrected chi connectivity index (χ3v) is 6.01. The zero-order chi connectivity index (χ0) is 14.0. The summed E-state index contributed by atoms with van der Waals surface area (Å²) in [6, 6.07) is 0. The topological polar surface area (TPSA) is 64.4 Å². The van der Waals surface area contributed by atoms with Crippen LogP contribution >= 0.6 is 0 Å². The molecule has 3 unspecified atom stereocenters. The molecule has 1 aliphatic heterocycles. The normalized spacial score (nSPS) is 35.1. The van der Waals surface area contributed by atoms with E-state index in [2.05, 4.69) is 5.32 Å². The molecule has 20 heavy (non-hydrogen) atoms. The minimum Gasteiger partial charge on any atom is -0.381 e. The molecule has 3 N–H and O–H groups in total. The van der Waals surface area contributed by atoms with Crippen molar-refractivity contribution in [3.05, 3.63) is 0 Å². The van der Waals surface area contributed by atoms with Crippen LogP contribution in [0.2, 0.25) is 0 Å². The Labute approximate surface area is 121 Å². The summed E-state index contributed by atoms with van der Waals surface area (Å²) in [6.45, 7) is 2.60. The average Bonchev–Trinajstić information content (AvgIpc) is 3.10. The monoisotopic (exact) mass is 280 g/mol. The van der Waals surface area contributed by atoms with E-state index in [0.717, 1.165) is 43.6 Å². The molecular weight excluding hydrogens is 252 g/mol. The lowest BCUT2D eigenvalue weighted by Crippen LogP contribution is -2.49. The van der Waals surface area contributed by atoms with Crippen LogP contribution < -0.4 is 11.1 Å². The number of amides is 1. The quantitative estimate of drug-likeness (QED) is 0.805. The summed E-state index contributed by atoms with van der Waals surface area (Å²) in [5.41, 5.74) is 5.50. The molecule has 0 aromatic heterocycles. The van der Waals surface area contributed by atoms with Gasteiger partial charge in [-0.25, -0.2) is 0 Å². The van der Waals surface area contributed by atoms with E-state index >= 15 is 0 Å². The maximum atomic E-state index is 12.4. The summed E-state index contributed by atoms with van der Waals surface area (Å²) in [5, 5.41) is 3.16. The number of carbonyl (C=O) groups excluding carboxylic acids is 1. The van der Waals surface area contributed by atoms with Crippen LogP contribution in [0.1, 0.15) is 44.9 Å². The minimum absolute atomic E-state index is 0.159. The van der Waals surface area contributed by atoms with Gasteiger partial charge in [-0.15, -0.1) is 0 Å². The molecule has 1 heterocycles. The van der Waals surface area contributed by atoms with E-state index in [1.165, 1.54) is 25.7 Å². The summed E-state index contributed by atoms with van der Waals surface area (Å²) in [4.78, 5) is 12.4. The van der Waals surface area contributed by atoms with Gasteiger partial charge in [-0.2, -0.15) is 0 Å². The van der Waals surface area contributed by atoms with Gasteiger partial charge in [0.05, 0.1) is 5.41 Å². The van der Waals surface area contributed by atoms with E-state index in [4.69, 9.17) is 10.5 Å². The first-order chi connectivity index (χ1) is 9.73. The predicted molar refractivity (Wildman–Crippen MR) is 78.1 cm³/mol. The smallest absolute Gasteiger partial charge is 0.227 e. The Balaban J connectivity index is 1.44. The fraction of sp³-hybridized carbons (Fsp3) is 0.938. The van der Waals surface area contributed by atoms with E-state index in [1.807, 2.05) is 0 Å². The highest BCUT2D eigenvalue weighted by Crippen LogP contribution is 2.49. The second-order valence-electron chi connectivity index (χ2n) is 7.08. The number of hydrogen-bond donors (Lipinski definition) is 2. The molecule has 2 bridgehead atoms. The zero-order valence-corrected chi connectivity index (χ0v) is 12.4. The van der Waals surface area contributed by atoms with Crippen LogP contribution in [-0.2, 0) is 9.53 Å². The van der Waals surface area contributed by atoms with Crippen LogP contribution in [-0.4, -0.2) is 32.2 Å². The van der Waals surface area contributed by atoms with Crippen LogP contribution in [0.3, 0.4) is 0 Å². The Bertz CT molecular complexity index is 352. The second kappa shape index (κ2) is 6.02. The molecular formula is C16H28N2O2. The fourth-order valence-electron chi connectivity index (χ4n) is 4.57. The Morgan fingerprint density at radius 3 is 2.65 bits per heavy atom. The molecule has 2 aliphatic carbocycles. The molecule has 114 valence electrons. The molecule has 3 fully saturated rings. The molecule has 4 nitrogen and oxygen atoms in total. The van der Waals surface area contributed by atoms with Crippen molar-refractivity contribution < 1.29 is 9.53 Å². The molecule has 3 aliphatic rings. The van der Waals surface area contributed by atoms with Crippen molar-refractivity contribution in [2.75, 3.05) is 26.3 Å². The van der Waals surface area contributed by atoms with Crippen molar-refractivity contribution in [2.45, 2.75) is 44.9 Å². The van der Waals surface area contributed by atoms with E-state index < -0.39 is 0 Å².